The van der Waals surface area contributed by atoms with E-state index in [0.29, 0.717) is 6.42 Å². The number of ether oxygens (including phenoxy) is 2. The van der Waals surface area contributed by atoms with E-state index in [-0.39, 0.29) is 18.8 Å². The molecule has 1 fully saturated rings. The fraction of sp³-hybridized carbons (Fsp3) is 0.889. The van der Waals surface area contributed by atoms with Crippen LogP contribution in [-0.4, -0.2) is 41.3 Å². The Labute approximate surface area is 197 Å². The van der Waals surface area contributed by atoms with Gasteiger partial charge in [0, 0.05) is 13.0 Å². The van der Waals surface area contributed by atoms with Crippen LogP contribution in [-0.2, 0) is 14.3 Å². The van der Waals surface area contributed by atoms with Gasteiger partial charge in [-0.2, -0.15) is 0 Å². The van der Waals surface area contributed by atoms with Gasteiger partial charge >= 0.3 is 5.97 Å². The molecule has 5 heteroatoms. The smallest absolute Gasteiger partial charge is 0.305 e. The molecular formula is C27H50O5. The van der Waals surface area contributed by atoms with Gasteiger partial charge in [-0.05, 0) is 51.4 Å². The fourth-order valence-electron chi connectivity index (χ4n) is 4.31. The molecule has 1 heterocycles. The summed E-state index contributed by atoms with van der Waals surface area (Å²) in [6, 6.07) is 0. The normalized spacial score (nSPS) is 18.8. The molecule has 0 aromatic rings. The van der Waals surface area contributed by atoms with Gasteiger partial charge in [-0.3, -0.25) is 4.79 Å². The Balaban J connectivity index is 2.07. The molecule has 2 N–H and O–H groups in total. The Kier molecular flexibility index (Phi) is 18.8. The van der Waals surface area contributed by atoms with Crippen molar-refractivity contribution < 1.29 is 24.5 Å². The molecule has 1 rings (SSSR count). The third-order valence-electron chi connectivity index (χ3n) is 6.22. The van der Waals surface area contributed by atoms with Crippen LogP contribution in [0.1, 0.15) is 129 Å². The Morgan fingerprint density at radius 3 is 2.19 bits per heavy atom. The van der Waals surface area contributed by atoms with Crippen molar-refractivity contribution in [3.05, 3.63) is 12.2 Å². The van der Waals surface area contributed by atoms with E-state index in [4.69, 9.17) is 14.6 Å². The minimum absolute atomic E-state index is 0.127. The molecule has 0 aromatic heterocycles. The maximum absolute atomic E-state index is 10.9. The highest BCUT2D eigenvalue weighted by Crippen LogP contribution is 2.21. The molecule has 0 aromatic carbocycles. The average Bonchev–Trinajstić information content (AvgIpc) is 2.76. The van der Waals surface area contributed by atoms with Crippen molar-refractivity contribution in [2.24, 2.45) is 0 Å². The molecule has 0 radical (unpaired) electrons. The second-order valence-corrected chi connectivity index (χ2v) is 9.41. The van der Waals surface area contributed by atoms with Crippen molar-refractivity contribution in [3.63, 3.8) is 0 Å². The summed E-state index contributed by atoms with van der Waals surface area (Å²) in [5.74, 6) is -0.966. The summed E-state index contributed by atoms with van der Waals surface area (Å²) in [6.07, 6.45) is 24.1. The number of rotatable bonds is 21. The van der Waals surface area contributed by atoms with Crippen LogP contribution >= 0.6 is 0 Å². The van der Waals surface area contributed by atoms with E-state index in [1.54, 1.807) is 0 Å². The standard InChI is InChI=1S/C27H50O5/c1-2-3-4-5-6-7-8-9-10-11-12-13-14-15-16-19-25(22-24(28)23-26(29)30)32-27-20-17-18-21-31-27/h9-10,24-25,27-28H,2-8,11-23H2,1H3,(H,29,30)/t24-,25+,27?/m0/s1. The predicted molar refractivity (Wildman–Crippen MR) is 131 cm³/mol. The van der Waals surface area contributed by atoms with Crippen molar-refractivity contribution in [1.29, 1.82) is 0 Å². The lowest BCUT2D eigenvalue weighted by atomic mass is 10.0. The van der Waals surface area contributed by atoms with Crippen LogP contribution < -0.4 is 0 Å². The lowest BCUT2D eigenvalue weighted by molar-refractivity contribution is -0.194. The van der Waals surface area contributed by atoms with E-state index in [1.165, 1.54) is 70.6 Å². The van der Waals surface area contributed by atoms with Crippen LogP contribution in [0.3, 0.4) is 0 Å². The lowest BCUT2D eigenvalue weighted by Crippen LogP contribution is -2.31. The van der Waals surface area contributed by atoms with Crippen molar-refractivity contribution in [2.45, 2.75) is 147 Å². The first-order valence-electron chi connectivity index (χ1n) is 13.4. The molecule has 5 nitrogen and oxygen atoms in total. The second kappa shape index (κ2) is 20.7. The number of carboxylic acid groups (broad SMARTS) is 1. The molecule has 1 aliphatic rings. The Hall–Kier alpha value is -0.910. The number of hydrogen-bond donors (Lipinski definition) is 2. The molecule has 0 spiro atoms. The summed E-state index contributed by atoms with van der Waals surface area (Å²) >= 11 is 0. The first-order valence-corrected chi connectivity index (χ1v) is 13.4. The summed E-state index contributed by atoms with van der Waals surface area (Å²) < 4.78 is 11.8. The zero-order valence-corrected chi connectivity index (χ0v) is 20.6. The monoisotopic (exact) mass is 454 g/mol. The van der Waals surface area contributed by atoms with Crippen LogP contribution in [0.4, 0.5) is 0 Å². The summed E-state index contributed by atoms with van der Waals surface area (Å²) in [7, 11) is 0. The number of carboxylic acids is 1. The molecule has 0 saturated carbocycles. The molecule has 3 atom stereocenters. The van der Waals surface area contributed by atoms with Crippen molar-refractivity contribution in [1.82, 2.24) is 0 Å². The van der Waals surface area contributed by atoms with Gasteiger partial charge in [-0.15, -0.1) is 0 Å². The second-order valence-electron chi connectivity index (χ2n) is 9.41. The highest BCUT2D eigenvalue weighted by atomic mass is 16.7. The fourth-order valence-corrected chi connectivity index (χ4v) is 4.31. The van der Waals surface area contributed by atoms with Gasteiger partial charge in [0.05, 0.1) is 18.6 Å². The number of aliphatic hydroxyl groups is 1. The molecule has 0 bridgehead atoms. The van der Waals surface area contributed by atoms with Crippen molar-refractivity contribution >= 4 is 5.97 Å². The zero-order chi connectivity index (χ0) is 23.3. The Morgan fingerprint density at radius 2 is 1.59 bits per heavy atom. The summed E-state index contributed by atoms with van der Waals surface area (Å²) in [4.78, 5) is 10.9. The maximum Gasteiger partial charge on any atom is 0.305 e. The van der Waals surface area contributed by atoms with Crippen LogP contribution in [0.5, 0.6) is 0 Å². The number of carbonyl (C=O) groups is 1. The number of aliphatic hydroxyl groups excluding tert-OH is 1. The van der Waals surface area contributed by atoms with Gasteiger partial charge < -0.3 is 19.7 Å². The highest BCUT2D eigenvalue weighted by Gasteiger charge is 2.23. The van der Waals surface area contributed by atoms with Gasteiger partial charge in [0.1, 0.15) is 0 Å². The number of aliphatic carboxylic acids is 1. The van der Waals surface area contributed by atoms with E-state index in [1.807, 2.05) is 0 Å². The minimum atomic E-state index is -0.966. The van der Waals surface area contributed by atoms with Gasteiger partial charge in [0.15, 0.2) is 6.29 Å². The van der Waals surface area contributed by atoms with Gasteiger partial charge in [0.25, 0.3) is 0 Å². The lowest BCUT2D eigenvalue weighted by Gasteiger charge is -2.29. The molecule has 0 amide bonds. The van der Waals surface area contributed by atoms with E-state index >= 15 is 0 Å². The predicted octanol–water partition coefficient (Wildman–Crippen LogP) is 7.16. The zero-order valence-electron chi connectivity index (χ0n) is 20.6. The van der Waals surface area contributed by atoms with Gasteiger partial charge in [0.2, 0.25) is 0 Å². The first kappa shape index (κ1) is 29.1. The largest absolute Gasteiger partial charge is 0.481 e. The Bertz CT molecular complexity index is 459. The average molecular weight is 455 g/mol. The third kappa shape index (κ3) is 17.6. The highest BCUT2D eigenvalue weighted by molar-refractivity contribution is 5.67. The number of allylic oxidation sites excluding steroid dienone is 2. The van der Waals surface area contributed by atoms with Gasteiger partial charge in [-0.25, -0.2) is 0 Å². The molecule has 1 aliphatic heterocycles. The molecule has 32 heavy (non-hydrogen) atoms. The van der Waals surface area contributed by atoms with E-state index in [2.05, 4.69) is 19.1 Å². The summed E-state index contributed by atoms with van der Waals surface area (Å²) in [5, 5.41) is 18.9. The quantitative estimate of drug-likeness (QED) is 0.142. The first-order chi connectivity index (χ1) is 15.6. The molecule has 188 valence electrons. The van der Waals surface area contributed by atoms with Gasteiger partial charge in [-0.1, -0.05) is 76.9 Å². The van der Waals surface area contributed by atoms with Crippen LogP contribution in [0, 0.1) is 0 Å². The molecule has 1 saturated heterocycles. The van der Waals surface area contributed by atoms with E-state index in [9.17, 15) is 9.90 Å². The Morgan fingerprint density at radius 1 is 0.969 bits per heavy atom. The van der Waals surface area contributed by atoms with Crippen molar-refractivity contribution in [2.75, 3.05) is 6.61 Å². The SMILES string of the molecule is CCCCCCCCC=CCCCCCCC[C@H](C[C@H](O)CC(=O)O)OC1CCCCO1. The maximum atomic E-state index is 10.9. The number of hydrogen-bond acceptors (Lipinski definition) is 4. The molecule has 0 aliphatic carbocycles. The van der Waals surface area contributed by atoms with E-state index < -0.39 is 12.1 Å². The summed E-state index contributed by atoms with van der Waals surface area (Å²) in [5.41, 5.74) is 0. The molecule has 1 unspecified atom stereocenters. The topological polar surface area (TPSA) is 76.0 Å². The van der Waals surface area contributed by atoms with Crippen LogP contribution in [0.2, 0.25) is 0 Å². The number of unbranched alkanes of at least 4 members (excludes halogenated alkanes) is 11. The van der Waals surface area contributed by atoms with Crippen molar-refractivity contribution in [3.8, 4) is 0 Å². The minimum Gasteiger partial charge on any atom is -0.481 e. The third-order valence-corrected chi connectivity index (χ3v) is 6.22. The van der Waals surface area contributed by atoms with Crippen LogP contribution in [0.25, 0.3) is 0 Å². The molecular weight excluding hydrogens is 404 g/mol. The summed E-state index contributed by atoms with van der Waals surface area (Å²) in [6.45, 7) is 2.99. The van der Waals surface area contributed by atoms with E-state index in [0.717, 1.165) is 45.1 Å². The van der Waals surface area contributed by atoms with Crippen LogP contribution in [0.15, 0.2) is 12.2 Å².